The van der Waals surface area contributed by atoms with Crippen molar-refractivity contribution in [3.05, 3.63) is 71.9 Å². The van der Waals surface area contributed by atoms with E-state index in [1.54, 1.807) is 17.3 Å². The van der Waals surface area contributed by atoms with Crippen molar-refractivity contribution in [1.29, 1.82) is 0 Å². The molecular weight excluding hydrogens is 420 g/mol. The van der Waals surface area contributed by atoms with Gasteiger partial charge in [0.05, 0.1) is 35.8 Å². The van der Waals surface area contributed by atoms with Gasteiger partial charge in [-0.3, -0.25) is 4.79 Å². The maximum absolute atomic E-state index is 13.7. The highest BCUT2D eigenvalue weighted by Crippen LogP contribution is 2.35. The van der Waals surface area contributed by atoms with Gasteiger partial charge < -0.3 is 14.2 Å². The minimum absolute atomic E-state index is 0.108. The first-order valence-corrected chi connectivity index (χ1v) is 11.0. The van der Waals surface area contributed by atoms with Crippen molar-refractivity contribution in [2.45, 2.75) is 32.7 Å². The van der Waals surface area contributed by atoms with Crippen LogP contribution in [0.5, 0.6) is 5.75 Å². The molecule has 5 rings (SSSR count). The van der Waals surface area contributed by atoms with Gasteiger partial charge in [-0.1, -0.05) is 28.9 Å². The van der Waals surface area contributed by atoms with Crippen LogP contribution in [-0.2, 0) is 0 Å². The molecule has 2 aromatic carbocycles. The number of carbonyl (C=O) groups excluding carboxylic acids is 1. The minimum atomic E-state index is -0.294. The summed E-state index contributed by atoms with van der Waals surface area (Å²) < 4.78 is 11.3. The Morgan fingerprint density at radius 3 is 2.82 bits per heavy atom. The number of hydrogen-bond acceptors (Lipinski definition) is 7. The number of carbonyl (C=O) groups is 1. The second-order valence-corrected chi connectivity index (χ2v) is 7.88. The molecule has 1 saturated heterocycles. The molecular formula is C24H24N6O3. The van der Waals surface area contributed by atoms with E-state index in [4.69, 9.17) is 9.26 Å². The molecule has 168 valence electrons. The van der Waals surface area contributed by atoms with E-state index in [2.05, 4.69) is 20.3 Å². The van der Waals surface area contributed by atoms with Crippen LogP contribution in [0.25, 0.3) is 17.1 Å². The Bertz CT molecular complexity index is 1270. The highest BCUT2D eigenvalue weighted by molar-refractivity contribution is 5.98. The molecule has 1 aliphatic heterocycles. The van der Waals surface area contributed by atoms with Gasteiger partial charge in [0, 0.05) is 6.54 Å². The molecule has 9 heteroatoms. The normalized spacial score (nSPS) is 15.7. The zero-order valence-electron chi connectivity index (χ0n) is 18.5. The maximum Gasteiger partial charge on any atom is 0.256 e. The predicted octanol–water partition coefficient (Wildman–Crippen LogP) is 4.00. The number of likely N-dealkylation sites (tertiary alicyclic amines) is 1. The number of aromatic nitrogens is 5. The van der Waals surface area contributed by atoms with Crippen LogP contribution in [-0.4, -0.2) is 49.1 Å². The van der Waals surface area contributed by atoms with E-state index in [0.717, 1.165) is 24.0 Å². The Hall–Kier alpha value is -4.01. The quantitative estimate of drug-likeness (QED) is 0.443. The SMILES string of the molecule is CCOc1ccccc1-c1noc(C2CCCN2C(=O)c2cc(C)ccc2-n2nccn2)n1. The van der Waals surface area contributed by atoms with Gasteiger partial charge >= 0.3 is 0 Å². The fourth-order valence-electron chi connectivity index (χ4n) is 4.17. The first kappa shape index (κ1) is 20.9. The lowest BCUT2D eigenvalue weighted by Crippen LogP contribution is -2.31. The topological polar surface area (TPSA) is 99.2 Å². The van der Waals surface area contributed by atoms with Gasteiger partial charge in [-0.2, -0.15) is 20.0 Å². The number of nitrogens with zero attached hydrogens (tertiary/aromatic N) is 6. The molecule has 0 N–H and O–H groups in total. The van der Waals surface area contributed by atoms with Gasteiger partial charge in [0.2, 0.25) is 11.7 Å². The lowest BCUT2D eigenvalue weighted by Gasteiger charge is -2.23. The van der Waals surface area contributed by atoms with E-state index < -0.39 is 0 Å². The van der Waals surface area contributed by atoms with Gasteiger partial charge in [0.1, 0.15) is 11.8 Å². The summed E-state index contributed by atoms with van der Waals surface area (Å²) in [5.74, 6) is 1.46. The molecule has 0 bridgehead atoms. The second kappa shape index (κ2) is 8.85. The van der Waals surface area contributed by atoms with Crippen molar-refractivity contribution >= 4 is 5.91 Å². The number of hydrogen-bond donors (Lipinski definition) is 0. The van der Waals surface area contributed by atoms with Crippen LogP contribution in [0.1, 0.15) is 47.6 Å². The monoisotopic (exact) mass is 444 g/mol. The molecule has 0 aliphatic carbocycles. The summed E-state index contributed by atoms with van der Waals surface area (Å²) in [5, 5.41) is 12.6. The highest BCUT2D eigenvalue weighted by Gasteiger charge is 2.36. The van der Waals surface area contributed by atoms with Crippen molar-refractivity contribution < 1.29 is 14.1 Å². The van der Waals surface area contributed by atoms with Gasteiger partial charge in [0.15, 0.2) is 0 Å². The third-order valence-electron chi connectivity index (χ3n) is 5.68. The molecule has 1 unspecified atom stereocenters. The fraction of sp³-hybridized carbons (Fsp3) is 0.292. The molecule has 4 aromatic rings. The smallest absolute Gasteiger partial charge is 0.256 e. The molecule has 0 radical (unpaired) electrons. The van der Waals surface area contributed by atoms with Crippen LogP contribution < -0.4 is 4.74 Å². The molecule has 1 fully saturated rings. The van der Waals surface area contributed by atoms with E-state index >= 15 is 0 Å². The van der Waals surface area contributed by atoms with E-state index in [0.29, 0.717) is 41.9 Å². The first-order valence-electron chi connectivity index (χ1n) is 11.0. The van der Waals surface area contributed by atoms with Crippen molar-refractivity contribution in [2.24, 2.45) is 0 Å². The van der Waals surface area contributed by atoms with Gasteiger partial charge in [0.25, 0.3) is 5.91 Å². The van der Waals surface area contributed by atoms with Crippen molar-refractivity contribution in [2.75, 3.05) is 13.2 Å². The van der Waals surface area contributed by atoms with E-state index in [1.165, 1.54) is 4.80 Å². The van der Waals surface area contributed by atoms with Crippen molar-refractivity contribution in [3.8, 4) is 22.8 Å². The Balaban J connectivity index is 1.46. The summed E-state index contributed by atoms with van der Waals surface area (Å²) in [4.78, 5) is 21.6. The van der Waals surface area contributed by atoms with Gasteiger partial charge in [-0.15, -0.1) is 0 Å². The van der Waals surface area contributed by atoms with Crippen LogP contribution in [0.2, 0.25) is 0 Å². The Morgan fingerprint density at radius 1 is 1.18 bits per heavy atom. The molecule has 33 heavy (non-hydrogen) atoms. The average molecular weight is 444 g/mol. The number of aryl methyl sites for hydroxylation is 1. The molecule has 9 nitrogen and oxygen atoms in total. The Labute approximate surface area is 191 Å². The summed E-state index contributed by atoms with van der Waals surface area (Å²) >= 11 is 0. The fourth-order valence-corrected chi connectivity index (χ4v) is 4.17. The van der Waals surface area contributed by atoms with E-state index in [1.807, 2.05) is 56.3 Å². The van der Waals surface area contributed by atoms with Crippen LogP contribution in [0, 0.1) is 6.92 Å². The number of para-hydroxylation sites is 1. The molecule has 0 spiro atoms. The highest BCUT2D eigenvalue weighted by atomic mass is 16.5. The van der Waals surface area contributed by atoms with E-state index in [9.17, 15) is 4.79 Å². The number of ether oxygens (including phenoxy) is 1. The van der Waals surface area contributed by atoms with Crippen LogP contribution in [0.4, 0.5) is 0 Å². The number of rotatable bonds is 6. The molecule has 2 aromatic heterocycles. The largest absolute Gasteiger partial charge is 0.493 e. The van der Waals surface area contributed by atoms with Crippen LogP contribution in [0.15, 0.2) is 59.4 Å². The van der Waals surface area contributed by atoms with Crippen LogP contribution in [0.3, 0.4) is 0 Å². The molecule has 1 aliphatic rings. The molecule has 3 heterocycles. The first-order chi connectivity index (χ1) is 16.2. The number of amides is 1. The molecule has 1 amide bonds. The molecule has 1 atom stereocenters. The van der Waals surface area contributed by atoms with E-state index in [-0.39, 0.29) is 11.9 Å². The zero-order valence-corrected chi connectivity index (χ0v) is 18.5. The summed E-state index contributed by atoms with van der Waals surface area (Å²) in [5.41, 5.74) is 2.92. The third-order valence-corrected chi connectivity index (χ3v) is 5.68. The maximum atomic E-state index is 13.7. The van der Waals surface area contributed by atoms with Gasteiger partial charge in [-0.05, 0) is 51.0 Å². The molecule has 0 saturated carbocycles. The summed E-state index contributed by atoms with van der Waals surface area (Å²) in [7, 11) is 0. The van der Waals surface area contributed by atoms with Crippen molar-refractivity contribution in [1.82, 2.24) is 30.0 Å². The number of benzene rings is 2. The Kier molecular flexibility index (Phi) is 5.60. The summed E-state index contributed by atoms with van der Waals surface area (Å²) in [6.07, 6.45) is 4.78. The summed E-state index contributed by atoms with van der Waals surface area (Å²) in [6.45, 7) is 5.03. The Morgan fingerprint density at radius 2 is 2.00 bits per heavy atom. The summed E-state index contributed by atoms with van der Waals surface area (Å²) in [6, 6.07) is 13.0. The standard InChI is InChI=1S/C24H24N6O3/c1-3-32-21-9-5-4-7-17(21)22-27-23(33-28-22)20-8-6-14-29(20)24(31)18-15-16(2)10-11-19(18)30-25-12-13-26-30/h4-5,7,9-13,15,20H,3,6,8,14H2,1-2H3. The lowest BCUT2D eigenvalue weighted by molar-refractivity contribution is 0.0709. The predicted molar refractivity (Wildman–Crippen MR) is 120 cm³/mol. The van der Waals surface area contributed by atoms with Crippen LogP contribution >= 0.6 is 0 Å². The van der Waals surface area contributed by atoms with Gasteiger partial charge in [-0.25, -0.2) is 0 Å². The second-order valence-electron chi connectivity index (χ2n) is 7.88. The average Bonchev–Trinajstić information content (AvgIpc) is 3.60. The zero-order chi connectivity index (χ0) is 22.8. The third kappa shape index (κ3) is 3.97. The van der Waals surface area contributed by atoms with Crippen molar-refractivity contribution in [3.63, 3.8) is 0 Å². The lowest BCUT2D eigenvalue weighted by atomic mass is 10.1. The minimum Gasteiger partial charge on any atom is -0.493 e.